The fraction of sp³-hybridized carbons (Fsp3) is 0.333. The molecule has 0 aromatic heterocycles. The molecule has 35 heavy (non-hydrogen) atoms. The van der Waals surface area contributed by atoms with Crippen molar-refractivity contribution in [3.8, 4) is 17.2 Å². The van der Waals surface area contributed by atoms with E-state index in [0.29, 0.717) is 40.0 Å². The van der Waals surface area contributed by atoms with Crippen molar-refractivity contribution in [3.05, 3.63) is 64.7 Å². The summed E-state index contributed by atoms with van der Waals surface area (Å²) >= 11 is 0. The Morgan fingerprint density at radius 1 is 1.23 bits per heavy atom. The minimum atomic E-state index is -1.63. The predicted molar refractivity (Wildman–Crippen MR) is 125 cm³/mol. The molecule has 2 aliphatic carbocycles. The minimum Gasteiger partial charge on any atom is -0.507 e. The number of aliphatic hydroxyl groups is 2. The average molecular weight is 475 g/mol. The first kappa shape index (κ1) is 21.9. The number of phenolic OH excluding ortho intramolecular Hbond substituents is 1. The molecule has 5 atom stereocenters. The zero-order valence-electron chi connectivity index (χ0n) is 19.2. The van der Waals surface area contributed by atoms with Crippen LogP contribution in [0.5, 0.6) is 17.2 Å². The molecule has 8 nitrogen and oxygen atoms in total. The number of fused-ring (bicyclic) bond motifs is 5. The second-order valence-electron chi connectivity index (χ2n) is 9.73. The quantitative estimate of drug-likeness (QED) is 0.429. The Morgan fingerprint density at radius 2 is 2.03 bits per heavy atom. The highest BCUT2D eigenvalue weighted by atomic mass is 16.5. The van der Waals surface area contributed by atoms with Crippen LogP contribution in [0.2, 0.25) is 0 Å². The molecule has 1 saturated carbocycles. The van der Waals surface area contributed by atoms with E-state index in [0.717, 1.165) is 10.9 Å². The number of hydrogen-bond acceptors (Lipinski definition) is 7. The summed E-state index contributed by atoms with van der Waals surface area (Å²) in [5.74, 6) is -0.700. The second kappa shape index (κ2) is 7.19. The lowest BCUT2D eigenvalue weighted by Gasteiger charge is -2.53. The smallest absolute Gasteiger partial charge is 0.237 e. The molecule has 0 radical (unpaired) electrons. The second-order valence-corrected chi connectivity index (χ2v) is 9.73. The van der Waals surface area contributed by atoms with Gasteiger partial charge < -0.3 is 24.8 Å². The molecule has 1 fully saturated rings. The summed E-state index contributed by atoms with van der Waals surface area (Å²) in [7, 11) is 1.49. The molecule has 0 saturated heterocycles. The summed E-state index contributed by atoms with van der Waals surface area (Å²) in [6, 6.07) is 12.4. The number of carbonyl (C=O) groups excluding carboxylic acids is 2. The lowest BCUT2D eigenvalue weighted by Crippen LogP contribution is -2.62. The Labute approximate surface area is 201 Å². The van der Waals surface area contributed by atoms with Crippen LogP contribution >= 0.6 is 0 Å². The zero-order chi connectivity index (χ0) is 24.7. The first-order valence-corrected chi connectivity index (χ1v) is 11.5. The van der Waals surface area contributed by atoms with E-state index >= 15 is 0 Å². The summed E-state index contributed by atoms with van der Waals surface area (Å²) in [6.07, 6.45) is -1.81. The predicted octanol–water partition coefficient (Wildman–Crippen LogP) is 2.58. The Hall–Kier alpha value is -3.62. The van der Waals surface area contributed by atoms with Gasteiger partial charge in [0, 0.05) is 22.4 Å². The number of nitrogens with one attached hydrogen (secondary N) is 1. The molecule has 1 aliphatic heterocycles. The number of rotatable bonds is 3. The number of carbonyl (C=O) groups is 2. The highest BCUT2D eigenvalue weighted by Gasteiger charge is 2.74. The zero-order valence-corrected chi connectivity index (χ0v) is 19.2. The fourth-order valence-electron chi connectivity index (χ4n) is 7.00. The molecule has 4 N–H and O–H groups in total. The third-order valence-electron chi connectivity index (χ3n) is 8.10. The Kier molecular flexibility index (Phi) is 4.50. The molecule has 3 aliphatic rings. The molecular weight excluding hydrogens is 450 g/mol. The van der Waals surface area contributed by atoms with Gasteiger partial charge in [0.25, 0.3) is 0 Å². The maximum Gasteiger partial charge on any atom is 0.237 e. The number of amides is 2. The molecule has 3 aromatic carbocycles. The van der Waals surface area contributed by atoms with Gasteiger partial charge in [-0.25, -0.2) is 0 Å². The number of methoxy groups -OCH3 is 1. The van der Waals surface area contributed by atoms with Crippen LogP contribution in [-0.2, 0) is 15.2 Å². The number of ether oxygens (including phenoxy) is 2. The Bertz CT molecular complexity index is 1420. The van der Waals surface area contributed by atoms with E-state index in [-0.39, 0.29) is 18.6 Å². The van der Waals surface area contributed by atoms with Gasteiger partial charge in [0.2, 0.25) is 12.3 Å². The SMILES string of the molecule is COc1cccc2c1[C@H](O)[C@H]1C[C@H](O)C[C@@]1(C(=O)NC=O)[C@@]21Oc2cc(C)cc3ccc(O)c1c23. The number of aliphatic hydroxyl groups excluding tert-OH is 2. The number of hydrogen-bond donors (Lipinski definition) is 4. The van der Waals surface area contributed by atoms with E-state index in [9.17, 15) is 24.9 Å². The van der Waals surface area contributed by atoms with Crippen molar-refractivity contribution in [2.24, 2.45) is 11.3 Å². The molecule has 1 heterocycles. The molecule has 0 unspecified atom stereocenters. The maximum atomic E-state index is 13.9. The van der Waals surface area contributed by atoms with Crippen molar-refractivity contribution in [3.63, 3.8) is 0 Å². The van der Waals surface area contributed by atoms with Gasteiger partial charge in [0.05, 0.1) is 24.9 Å². The van der Waals surface area contributed by atoms with Crippen LogP contribution < -0.4 is 14.8 Å². The van der Waals surface area contributed by atoms with Gasteiger partial charge in [-0.05, 0) is 48.9 Å². The van der Waals surface area contributed by atoms with Crippen molar-refractivity contribution in [1.82, 2.24) is 5.32 Å². The first-order valence-electron chi connectivity index (χ1n) is 11.5. The van der Waals surface area contributed by atoms with Gasteiger partial charge in [0.15, 0.2) is 5.60 Å². The van der Waals surface area contributed by atoms with Crippen LogP contribution in [-0.4, -0.2) is 40.9 Å². The molecule has 2 amide bonds. The lowest BCUT2D eigenvalue weighted by atomic mass is 9.53. The molecule has 180 valence electrons. The average Bonchev–Trinajstić information content (AvgIpc) is 3.38. The van der Waals surface area contributed by atoms with E-state index < -0.39 is 35.0 Å². The van der Waals surface area contributed by atoms with Crippen LogP contribution in [0.25, 0.3) is 10.8 Å². The molecule has 1 spiro atoms. The normalized spacial score (nSPS) is 30.0. The Morgan fingerprint density at radius 3 is 2.77 bits per heavy atom. The van der Waals surface area contributed by atoms with E-state index in [1.165, 1.54) is 7.11 Å². The molecule has 8 heteroatoms. The fourth-order valence-corrected chi connectivity index (χ4v) is 7.00. The summed E-state index contributed by atoms with van der Waals surface area (Å²) in [4.78, 5) is 25.4. The molecule has 0 bridgehead atoms. The first-order chi connectivity index (χ1) is 16.8. The van der Waals surface area contributed by atoms with E-state index in [1.807, 2.05) is 19.1 Å². The largest absolute Gasteiger partial charge is 0.507 e. The van der Waals surface area contributed by atoms with Crippen LogP contribution in [0.4, 0.5) is 0 Å². The van der Waals surface area contributed by atoms with Crippen molar-refractivity contribution >= 4 is 23.1 Å². The number of phenols is 1. The van der Waals surface area contributed by atoms with E-state index in [4.69, 9.17) is 9.47 Å². The van der Waals surface area contributed by atoms with Crippen molar-refractivity contribution in [2.45, 2.75) is 37.6 Å². The summed E-state index contributed by atoms with van der Waals surface area (Å²) in [5.41, 5.74) is -1.05. The lowest BCUT2D eigenvalue weighted by molar-refractivity contribution is -0.160. The standard InChI is InChI=1S/C27H25NO7/c1-13-8-14-6-7-18(31)23-21(14)20(9-13)35-27(23)16-4-3-5-19(34-2)22(16)24(32)17-10-15(30)11-26(17,27)25(33)28-12-29/h3-9,12,15,17,24,30-32H,10-11H2,1-2H3,(H,28,29,33)/t15-,17+,24+,26+,27+/m0/s1. The number of aryl methyl sites for hydroxylation is 1. The Balaban J connectivity index is 1.82. The number of aromatic hydroxyl groups is 1. The van der Waals surface area contributed by atoms with Crippen LogP contribution in [0.15, 0.2) is 42.5 Å². The number of imide groups is 1. The van der Waals surface area contributed by atoms with Crippen molar-refractivity contribution in [1.29, 1.82) is 0 Å². The highest BCUT2D eigenvalue weighted by Crippen LogP contribution is 2.71. The monoisotopic (exact) mass is 475 g/mol. The summed E-state index contributed by atoms with van der Waals surface area (Å²) < 4.78 is 12.4. The molecular formula is C27H25NO7. The van der Waals surface area contributed by atoms with Crippen LogP contribution in [0.1, 0.15) is 41.2 Å². The van der Waals surface area contributed by atoms with E-state index in [2.05, 4.69) is 5.32 Å². The summed E-state index contributed by atoms with van der Waals surface area (Å²) in [6.45, 7) is 1.93. The van der Waals surface area contributed by atoms with Gasteiger partial charge in [-0.15, -0.1) is 0 Å². The van der Waals surface area contributed by atoms with Gasteiger partial charge in [0.1, 0.15) is 22.7 Å². The van der Waals surface area contributed by atoms with Crippen LogP contribution in [0.3, 0.4) is 0 Å². The highest BCUT2D eigenvalue weighted by molar-refractivity contribution is 6.01. The van der Waals surface area contributed by atoms with Gasteiger partial charge in [-0.1, -0.05) is 24.3 Å². The number of benzene rings is 3. The topological polar surface area (TPSA) is 125 Å². The maximum absolute atomic E-state index is 13.9. The van der Waals surface area contributed by atoms with Crippen LogP contribution in [0, 0.1) is 18.3 Å². The molecule has 3 aromatic rings. The van der Waals surface area contributed by atoms with Crippen molar-refractivity contribution in [2.75, 3.05) is 7.11 Å². The third-order valence-corrected chi connectivity index (χ3v) is 8.10. The van der Waals surface area contributed by atoms with Gasteiger partial charge in [-0.2, -0.15) is 0 Å². The molecule has 6 rings (SSSR count). The van der Waals surface area contributed by atoms with E-state index in [1.54, 1.807) is 30.3 Å². The third kappa shape index (κ3) is 2.48. The van der Waals surface area contributed by atoms with Gasteiger partial charge >= 0.3 is 0 Å². The minimum absolute atomic E-state index is 0.0755. The van der Waals surface area contributed by atoms with Crippen molar-refractivity contribution < 1.29 is 34.4 Å². The summed E-state index contributed by atoms with van der Waals surface area (Å²) in [5, 5.41) is 37.6. The van der Waals surface area contributed by atoms with Gasteiger partial charge in [-0.3, -0.25) is 14.9 Å².